The highest BCUT2D eigenvalue weighted by molar-refractivity contribution is 7.15. The molecule has 1 aliphatic heterocycles. The number of hydrogen-bond donors (Lipinski definition) is 1. The summed E-state index contributed by atoms with van der Waals surface area (Å²) in [6.45, 7) is 7.29. The van der Waals surface area contributed by atoms with E-state index < -0.39 is 0 Å². The van der Waals surface area contributed by atoms with Gasteiger partial charge in [0.05, 0.1) is 0 Å². The van der Waals surface area contributed by atoms with E-state index in [4.69, 9.17) is 0 Å². The van der Waals surface area contributed by atoms with E-state index in [1.165, 1.54) is 10.4 Å². The van der Waals surface area contributed by atoms with Crippen molar-refractivity contribution in [2.24, 2.45) is 0 Å². The summed E-state index contributed by atoms with van der Waals surface area (Å²) in [5.74, 6) is 0.435. The fraction of sp³-hybridized carbons (Fsp3) is 0.500. The van der Waals surface area contributed by atoms with Crippen LogP contribution in [-0.4, -0.2) is 47.0 Å². The Morgan fingerprint density at radius 2 is 2.00 bits per heavy atom. The van der Waals surface area contributed by atoms with E-state index in [0.717, 1.165) is 32.5 Å². The first-order chi connectivity index (χ1) is 12.5. The fourth-order valence-corrected chi connectivity index (χ4v) is 4.07. The van der Waals surface area contributed by atoms with Crippen molar-refractivity contribution < 1.29 is 4.79 Å². The van der Waals surface area contributed by atoms with Gasteiger partial charge in [0.15, 0.2) is 5.13 Å². The van der Waals surface area contributed by atoms with E-state index in [1.54, 1.807) is 11.3 Å². The van der Waals surface area contributed by atoms with E-state index in [-0.39, 0.29) is 12.1 Å². The highest BCUT2D eigenvalue weighted by Crippen LogP contribution is 2.26. The number of nitrogens with one attached hydrogen (secondary N) is 1. The smallest absolute Gasteiger partial charge is 0.323 e. The second kappa shape index (κ2) is 8.64. The third-order valence-corrected chi connectivity index (χ3v) is 6.19. The monoisotopic (exact) mass is 372 g/mol. The molecule has 26 heavy (non-hydrogen) atoms. The standard InChI is InChI=1S/C20H28N4OS/c1-15(2)18-13-21-19(26-18)22-20(25)23(3)17-9-11-24(12-10-17)14-16-7-5-4-6-8-16/h4-8,13,15,17H,9-12,14H2,1-3H3,(H,21,22,25). The van der Waals surface area contributed by atoms with Crippen LogP contribution in [0.4, 0.5) is 9.93 Å². The molecule has 6 heteroatoms. The van der Waals surface area contributed by atoms with Gasteiger partial charge < -0.3 is 4.90 Å². The average molecular weight is 373 g/mol. The zero-order chi connectivity index (χ0) is 18.5. The third-order valence-electron chi connectivity index (χ3n) is 4.98. The van der Waals surface area contributed by atoms with Gasteiger partial charge in [-0.15, -0.1) is 11.3 Å². The molecule has 140 valence electrons. The van der Waals surface area contributed by atoms with Gasteiger partial charge in [-0.25, -0.2) is 9.78 Å². The largest absolute Gasteiger partial charge is 0.324 e. The Bertz CT molecular complexity index is 708. The van der Waals surface area contributed by atoms with E-state index in [2.05, 4.69) is 59.4 Å². The summed E-state index contributed by atoms with van der Waals surface area (Å²) in [4.78, 5) is 22.3. The van der Waals surface area contributed by atoms with Gasteiger partial charge in [0.1, 0.15) is 0 Å². The Balaban J connectivity index is 1.48. The second-order valence-corrected chi connectivity index (χ2v) is 8.32. The number of aromatic nitrogens is 1. The molecular formula is C20H28N4OS. The molecule has 2 amide bonds. The third kappa shape index (κ3) is 4.83. The molecule has 0 bridgehead atoms. The fourth-order valence-electron chi connectivity index (χ4n) is 3.26. The SMILES string of the molecule is CC(C)c1cnc(NC(=O)N(C)C2CCN(Cc3ccccc3)CC2)s1. The minimum Gasteiger partial charge on any atom is -0.324 e. The molecule has 1 aromatic heterocycles. The number of thiazole rings is 1. The van der Waals surface area contributed by atoms with Crippen LogP contribution in [0.15, 0.2) is 36.5 Å². The molecule has 1 N–H and O–H groups in total. The van der Waals surface area contributed by atoms with Crippen LogP contribution in [0.5, 0.6) is 0 Å². The lowest BCUT2D eigenvalue weighted by Gasteiger charge is -2.36. The number of benzene rings is 1. The van der Waals surface area contributed by atoms with Gasteiger partial charge in [-0.1, -0.05) is 44.2 Å². The molecule has 5 nitrogen and oxygen atoms in total. The molecule has 0 saturated carbocycles. The minimum atomic E-state index is -0.0591. The topological polar surface area (TPSA) is 48.5 Å². The molecule has 2 heterocycles. The Morgan fingerprint density at radius 1 is 1.31 bits per heavy atom. The van der Waals surface area contributed by atoms with Crippen LogP contribution in [0.2, 0.25) is 0 Å². The molecule has 3 rings (SSSR count). The van der Waals surface area contributed by atoms with Crippen LogP contribution in [0.25, 0.3) is 0 Å². The quantitative estimate of drug-likeness (QED) is 0.846. The zero-order valence-electron chi connectivity index (χ0n) is 15.8. The summed E-state index contributed by atoms with van der Waals surface area (Å²) >= 11 is 1.56. The van der Waals surface area contributed by atoms with Crippen LogP contribution in [0, 0.1) is 0 Å². The molecular weight excluding hydrogens is 344 g/mol. The number of anilines is 1. The maximum Gasteiger partial charge on any atom is 0.323 e. The molecule has 0 radical (unpaired) electrons. The van der Waals surface area contributed by atoms with Gasteiger partial charge in [0.25, 0.3) is 0 Å². The van der Waals surface area contributed by atoms with E-state index in [1.807, 2.05) is 18.1 Å². The van der Waals surface area contributed by atoms with Crippen molar-refractivity contribution in [3.05, 3.63) is 47.0 Å². The van der Waals surface area contributed by atoms with Crippen LogP contribution in [0.1, 0.15) is 43.0 Å². The number of nitrogens with zero attached hydrogens (tertiary/aromatic N) is 3. The number of amides is 2. The molecule has 1 aromatic carbocycles. The summed E-state index contributed by atoms with van der Waals surface area (Å²) in [6, 6.07) is 10.8. The first kappa shape index (κ1) is 18.9. The number of likely N-dealkylation sites (tertiary alicyclic amines) is 1. The van der Waals surface area contributed by atoms with Gasteiger partial charge in [-0.3, -0.25) is 10.2 Å². The van der Waals surface area contributed by atoms with Gasteiger partial charge in [0.2, 0.25) is 0 Å². The molecule has 1 fully saturated rings. The van der Waals surface area contributed by atoms with Crippen molar-refractivity contribution in [3.8, 4) is 0 Å². The van der Waals surface area contributed by atoms with E-state index in [0.29, 0.717) is 11.0 Å². The summed E-state index contributed by atoms with van der Waals surface area (Å²) in [6.07, 6.45) is 3.87. The highest BCUT2D eigenvalue weighted by atomic mass is 32.1. The Morgan fingerprint density at radius 3 is 2.62 bits per heavy atom. The van der Waals surface area contributed by atoms with E-state index >= 15 is 0 Å². The van der Waals surface area contributed by atoms with E-state index in [9.17, 15) is 4.79 Å². The first-order valence-corrected chi connectivity index (χ1v) is 10.1. The molecule has 0 spiro atoms. The lowest BCUT2D eigenvalue weighted by Crippen LogP contribution is -2.46. The van der Waals surface area contributed by atoms with Crippen molar-refractivity contribution in [2.45, 2.75) is 45.2 Å². The maximum absolute atomic E-state index is 12.5. The molecule has 2 aromatic rings. The molecule has 1 saturated heterocycles. The lowest BCUT2D eigenvalue weighted by atomic mass is 10.0. The van der Waals surface area contributed by atoms with Crippen molar-refractivity contribution in [1.82, 2.24) is 14.8 Å². The average Bonchev–Trinajstić information content (AvgIpc) is 3.11. The summed E-state index contributed by atoms with van der Waals surface area (Å²) in [7, 11) is 1.89. The second-order valence-electron chi connectivity index (χ2n) is 7.26. The van der Waals surface area contributed by atoms with Gasteiger partial charge in [-0.05, 0) is 24.3 Å². The number of piperidine rings is 1. The van der Waals surface area contributed by atoms with Crippen molar-refractivity contribution >= 4 is 22.5 Å². The highest BCUT2D eigenvalue weighted by Gasteiger charge is 2.25. The predicted molar refractivity (Wildman–Crippen MR) is 108 cm³/mol. The molecule has 0 atom stereocenters. The number of carbonyl (C=O) groups is 1. The van der Waals surface area contributed by atoms with Crippen LogP contribution in [0.3, 0.4) is 0 Å². The summed E-state index contributed by atoms with van der Waals surface area (Å²) in [5, 5.41) is 3.63. The molecule has 0 unspecified atom stereocenters. The van der Waals surface area contributed by atoms with Gasteiger partial charge in [-0.2, -0.15) is 0 Å². The van der Waals surface area contributed by atoms with Gasteiger partial charge in [0, 0.05) is 43.8 Å². The van der Waals surface area contributed by atoms with Crippen molar-refractivity contribution in [3.63, 3.8) is 0 Å². The number of carbonyl (C=O) groups excluding carboxylic acids is 1. The molecule has 1 aliphatic rings. The zero-order valence-corrected chi connectivity index (χ0v) is 16.6. The Hall–Kier alpha value is -1.92. The normalized spacial score (nSPS) is 16.0. The van der Waals surface area contributed by atoms with Crippen LogP contribution < -0.4 is 5.32 Å². The van der Waals surface area contributed by atoms with Crippen molar-refractivity contribution in [2.75, 3.05) is 25.5 Å². The number of rotatable bonds is 5. The lowest BCUT2D eigenvalue weighted by molar-refractivity contribution is 0.137. The first-order valence-electron chi connectivity index (χ1n) is 9.28. The Labute approximate surface area is 160 Å². The maximum atomic E-state index is 12.5. The predicted octanol–water partition coefficient (Wildman–Crippen LogP) is 4.39. The van der Waals surface area contributed by atoms with Crippen LogP contribution in [-0.2, 0) is 6.54 Å². The Kier molecular flexibility index (Phi) is 6.27. The summed E-state index contributed by atoms with van der Waals surface area (Å²) < 4.78 is 0. The number of hydrogen-bond acceptors (Lipinski definition) is 4. The summed E-state index contributed by atoms with van der Waals surface area (Å²) in [5.41, 5.74) is 1.35. The number of urea groups is 1. The molecule has 0 aliphatic carbocycles. The van der Waals surface area contributed by atoms with Crippen LogP contribution >= 0.6 is 11.3 Å². The minimum absolute atomic E-state index is 0.0591. The van der Waals surface area contributed by atoms with Gasteiger partial charge >= 0.3 is 6.03 Å². The van der Waals surface area contributed by atoms with Crippen molar-refractivity contribution in [1.29, 1.82) is 0 Å².